The molecule has 1 N–H and O–H groups in total. The monoisotopic (exact) mass is 515 g/mol. The first-order chi connectivity index (χ1) is 16.3. The van der Waals surface area contributed by atoms with Gasteiger partial charge < -0.3 is 5.11 Å². The number of ketones is 1. The third kappa shape index (κ3) is 5.49. The van der Waals surface area contributed by atoms with Crippen LogP contribution in [0.25, 0.3) is 6.08 Å². The van der Waals surface area contributed by atoms with Crippen molar-refractivity contribution >= 4 is 57.4 Å². The SMILES string of the molecule is CCCCCCn1c(O)c(C(=O)CCN2C(=O)/C(=C/c3cccs3)SC2=S)c(C)c(C#N)c1=O. The second-order valence-electron chi connectivity index (χ2n) is 7.85. The number of unbranched alkanes of at least 4 members (excludes halogenated alkanes) is 3. The van der Waals surface area contributed by atoms with Crippen LogP contribution in [0.3, 0.4) is 0 Å². The second-order valence-corrected chi connectivity index (χ2v) is 10.5. The summed E-state index contributed by atoms with van der Waals surface area (Å²) in [5.74, 6) is -1.15. The average Bonchev–Trinajstić information content (AvgIpc) is 3.40. The number of thiophene rings is 1. The number of thioether (sulfide) groups is 1. The zero-order valence-corrected chi connectivity index (χ0v) is 21.4. The number of nitriles is 1. The molecule has 2 aromatic rings. The van der Waals surface area contributed by atoms with Crippen LogP contribution in [0.4, 0.5) is 0 Å². The fourth-order valence-electron chi connectivity index (χ4n) is 3.72. The van der Waals surface area contributed by atoms with Crippen molar-refractivity contribution in [3.8, 4) is 11.9 Å². The van der Waals surface area contributed by atoms with E-state index in [0.717, 1.165) is 28.7 Å². The van der Waals surface area contributed by atoms with Crippen molar-refractivity contribution in [3.05, 3.63) is 54.3 Å². The molecule has 0 unspecified atom stereocenters. The number of hydrogen-bond donors (Lipinski definition) is 1. The molecule has 0 atom stereocenters. The molecule has 3 heterocycles. The number of carbonyl (C=O) groups excluding carboxylic acids is 2. The van der Waals surface area contributed by atoms with E-state index in [1.54, 1.807) is 6.08 Å². The third-order valence-corrected chi connectivity index (χ3v) is 7.76. The molecule has 2 aromatic heterocycles. The van der Waals surface area contributed by atoms with Crippen LogP contribution in [0.1, 0.15) is 65.4 Å². The summed E-state index contributed by atoms with van der Waals surface area (Å²) in [6.45, 7) is 3.82. The van der Waals surface area contributed by atoms with E-state index in [1.807, 2.05) is 23.6 Å². The highest BCUT2D eigenvalue weighted by atomic mass is 32.2. The molecule has 0 aliphatic carbocycles. The van der Waals surface area contributed by atoms with Crippen LogP contribution < -0.4 is 5.56 Å². The van der Waals surface area contributed by atoms with E-state index in [9.17, 15) is 24.8 Å². The highest BCUT2D eigenvalue weighted by Gasteiger charge is 2.33. The minimum Gasteiger partial charge on any atom is -0.494 e. The van der Waals surface area contributed by atoms with E-state index < -0.39 is 17.2 Å². The van der Waals surface area contributed by atoms with Crippen molar-refractivity contribution in [2.24, 2.45) is 0 Å². The molecule has 178 valence electrons. The number of nitrogens with zero attached hydrogens (tertiary/aromatic N) is 3. The molecule has 0 saturated carbocycles. The lowest BCUT2D eigenvalue weighted by atomic mass is 9.99. The Kier molecular flexibility index (Phi) is 8.83. The zero-order chi connectivity index (χ0) is 24.8. The highest BCUT2D eigenvalue weighted by molar-refractivity contribution is 8.26. The van der Waals surface area contributed by atoms with Crippen LogP contribution in [0.15, 0.2) is 27.2 Å². The Morgan fingerprint density at radius 2 is 2.03 bits per heavy atom. The minimum atomic E-state index is -0.596. The largest absolute Gasteiger partial charge is 0.494 e. The second kappa shape index (κ2) is 11.6. The fraction of sp³-hybridized carbons (Fsp3) is 0.375. The molecule has 1 aliphatic rings. The van der Waals surface area contributed by atoms with Crippen molar-refractivity contribution in [2.45, 2.75) is 52.5 Å². The molecule has 1 fully saturated rings. The lowest BCUT2D eigenvalue weighted by Crippen LogP contribution is -2.31. The Morgan fingerprint density at radius 3 is 2.68 bits per heavy atom. The number of carbonyl (C=O) groups is 2. The summed E-state index contributed by atoms with van der Waals surface area (Å²) in [5.41, 5.74) is -0.642. The van der Waals surface area contributed by atoms with Gasteiger partial charge in [0.15, 0.2) is 5.78 Å². The van der Waals surface area contributed by atoms with E-state index >= 15 is 0 Å². The van der Waals surface area contributed by atoms with Crippen LogP contribution in [-0.4, -0.2) is 37.1 Å². The highest BCUT2D eigenvalue weighted by Crippen LogP contribution is 2.33. The summed E-state index contributed by atoms with van der Waals surface area (Å²) < 4.78 is 1.47. The third-order valence-electron chi connectivity index (χ3n) is 5.57. The first-order valence-corrected chi connectivity index (χ1v) is 13.1. The molecular formula is C24H25N3O4S3. The molecule has 0 aromatic carbocycles. The molecule has 7 nitrogen and oxygen atoms in total. The van der Waals surface area contributed by atoms with Gasteiger partial charge in [0, 0.05) is 24.4 Å². The number of rotatable bonds is 10. The summed E-state index contributed by atoms with van der Waals surface area (Å²) in [6, 6.07) is 5.67. The number of thiocarbonyl (C=S) groups is 1. The predicted molar refractivity (Wildman–Crippen MR) is 139 cm³/mol. The van der Waals surface area contributed by atoms with Gasteiger partial charge in [-0.15, -0.1) is 11.3 Å². The van der Waals surface area contributed by atoms with E-state index in [4.69, 9.17) is 12.2 Å². The number of aromatic hydroxyl groups is 1. The molecule has 0 bridgehead atoms. The fourth-order valence-corrected chi connectivity index (χ4v) is 5.75. The predicted octanol–water partition coefficient (Wildman–Crippen LogP) is 4.85. The Hall–Kier alpha value is -2.74. The van der Waals surface area contributed by atoms with Crippen molar-refractivity contribution in [2.75, 3.05) is 6.54 Å². The van der Waals surface area contributed by atoms with Gasteiger partial charge in [-0.2, -0.15) is 5.26 Å². The standard InChI is InChI=1S/C24H25N3O4S3/c1-3-4-5-6-10-26-21(29)17(14-25)15(2)20(23(26)31)18(28)9-11-27-22(30)19(34-24(27)32)13-16-8-7-12-33-16/h7-8,12-13,31H,3-6,9-11H2,1-2H3/b19-13-. The Balaban J connectivity index is 1.80. The number of hydrogen-bond acceptors (Lipinski definition) is 8. The van der Waals surface area contributed by atoms with Crippen LogP contribution in [0.5, 0.6) is 5.88 Å². The van der Waals surface area contributed by atoms with Gasteiger partial charge in [-0.1, -0.05) is 56.2 Å². The van der Waals surface area contributed by atoms with E-state index in [2.05, 4.69) is 6.92 Å². The minimum absolute atomic E-state index is 0.0433. The lowest BCUT2D eigenvalue weighted by molar-refractivity contribution is -0.122. The summed E-state index contributed by atoms with van der Waals surface area (Å²) in [5, 5.41) is 22.2. The molecular weight excluding hydrogens is 490 g/mol. The first kappa shape index (κ1) is 25.9. The van der Waals surface area contributed by atoms with E-state index in [0.29, 0.717) is 15.6 Å². The number of aromatic nitrogens is 1. The molecule has 1 amide bonds. The molecule has 3 rings (SSSR count). The van der Waals surface area contributed by atoms with Gasteiger partial charge >= 0.3 is 0 Å². The number of Topliss-reactive ketones (excluding diaryl/α,β-unsaturated/α-hetero) is 1. The molecule has 10 heteroatoms. The van der Waals surface area contributed by atoms with Crippen molar-refractivity contribution in [1.29, 1.82) is 5.26 Å². The Labute approximate surface area is 211 Å². The Bertz CT molecular complexity index is 1240. The average molecular weight is 516 g/mol. The topological polar surface area (TPSA) is 103 Å². The molecule has 0 radical (unpaired) electrons. The maximum absolute atomic E-state index is 13.1. The summed E-state index contributed by atoms with van der Waals surface area (Å²) >= 11 is 8.03. The van der Waals surface area contributed by atoms with Crippen LogP contribution in [0.2, 0.25) is 0 Å². The molecule has 34 heavy (non-hydrogen) atoms. The van der Waals surface area contributed by atoms with Gasteiger partial charge in [0.25, 0.3) is 11.5 Å². The number of pyridine rings is 1. The maximum atomic E-state index is 13.1. The van der Waals surface area contributed by atoms with Crippen molar-refractivity contribution < 1.29 is 14.7 Å². The van der Waals surface area contributed by atoms with Crippen LogP contribution in [0, 0.1) is 18.3 Å². The quantitative estimate of drug-likeness (QED) is 0.209. The van der Waals surface area contributed by atoms with Gasteiger partial charge in [0.1, 0.15) is 16.0 Å². The van der Waals surface area contributed by atoms with Gasteiger partial charge in [-0.25, -0.2) is 0 Å². The normalized spacial score (nSPS) is 14.7. The summed E-state index contributed by atoms with van der Waals surface area (Å²) in [6.07, 6.45) is 5.19. The maximum Gasteiger partial charge on any atom is 0.271 e. The number of amides is 1. The van der Waals surface area contributed by atoms with E-state index in [-0.39, 0.29) is 42.1 Å². The van der Waals surface area contributed by atoms with Crippen molar-refractivity contribution in [1.82, 2.24) is 9.47 Å². The summed E-state index contributed by atoms with van der Waals surface area (Å²) in [7, 11) is 0. The smallest absolute Gasteiger partial charge is 0.271 e. The molecule has 0 spiro atoms. The Morgan fingerprint density at radius 1 is 1.26 bits per heavy atom. The van der Waals surface area contributed by atoms with Crippen LogP contribution in [-0.2, 0) is 11.3 Å². The zero-order valence-electron chi connectivity index (χ0n) is 19.0. The van der Waals surface area contributed by atoms with Crippen molar-refractivity contribution in [3.63, 3.8) is 0 Å². The van der Waals surface area contributed by atoms with Gasteiger partial charge in [-0.05, 0) is 36.4 Å². The van der Waals surface area contributed by atoms with E-state index in [1.165, 1.54) is 34.9 Å². The molecule has 1 saturated heterocycles. The van der Waals surface area contributed by atoms with Crippen LogP contribution >= 0.6 is 35.3 Å². The first-order valence-electron chi connectivity index (χ1n) is 11.0. The lowest BCUT2D eigenvalue weighted by Gasteiger charge is -2.17. The van der Waals surface area contributed by atoms with Gasteiger partial charge in [0.2, 0.25) is 5.88 Å². The summed E-state index contributed by atoms with van der Waals surface area (Å²) in [4.78, 5) is 41.4. The van der Waals surface area contributed by atoms with Gasteiger partial charge in [0.05, 0.1) is 10.5 Å². The molecule has 1 aliphatic heterocycles. The van der Waals surface area contributed by atoms with Gasteiger partial charge in [-0.3, -0.25) is 23.9 Å².